The number of carbonyl (C=O) groups is 1. The van der Waals surface area contributed by atoms with E-state index in [9.17, 15) is 4.79 Å². The van der Waals surface area contributed by atoms with Crippen molar-refractivity contribution in [2.75, 3.05) is 0 Å². The van der Waals surface area contributed by atoms with Crippen molar-refractivity contribution in [2.24, 2.45) is 17.7 Å². The summed E-state index contributed by atoms with van der Waals surface area (Å²) in [5.74, 6) is 6.85. The molecule has 1 fully saturated rings. The van der Waals surface area contributed by atoms with Crippen molar-refractivity contribution < 1.29 is 13.9 Å². The molecular weight excluding hydrogens is 244 g/mol. The fourth-order valence-electron chi connectivity index (χ4n) is 2.51. The minimum Gasteiger partial charge on any atom is -0.466 e. The van der Waals surface area contributed by atoms with Crippen LogP contribution >= 0.6 is 0 Å². The van der Waals surface area contributed by atoms with Gasteiger partial charge in [0.1, 0.15) is 18.6 Å². The summed E-state index contributed by atoms with van der Waals surface area (Å²) in [6, 6.07) is 1.66. The second kappa shape index (κ2) is 6.21. The van der Waals surface area contributed by atoms with Crippen molar-refractivity contribution in [1.29, 1.82) is 0 Å². The molecule has 1 aromatic heterocycles. The lowest BCUT2D eigenvalue weighted by Gasteiger charge is -2.31. The summed E-state index contributed by atoms with van der Waals surface area (Å²) < 4.78 is 11.1. The fourth-order valence-corrected chi connectivity index (χ4v) is 2.51. The van der Waals surface area contributed by atoms with Crippen molar-refractivity contribution in [3.8, 4) is 0 Å². The highest BCUT2D eigenvalue weighted by molar-refractivity contribution is 5.93. The van der Waals surface area contributed by atoms with Crippen LogP contribution < -0.4 is 11.3 Å². The van der Waals surface area contributed by atoms with Gasteiger partial charge in [0.05, 0.1) is 11.7 Å². The van der Waals surface area contributed by atoms with Gasteiger partial charge in [-0.15, -0.1) is 0 Å². The summed E-state index contributed by atoms with van der Waals surface area (Å²) in [5.41, 5.74) is 2.49. The van der Waals surface area contributed by atoms with Crippen molar-refractivity contribution in [2.45, 2.75) is 45.8 Å². The summed E-state index contributed by atoms with van der Waals surface area (Å²) in [6.45, 7) is 4.98. The molecule has 0 radical (unpaired) electrons. The number of rotatable bonds is 4. The zero-order valence-electron chi connectivity index (χ0n) is 11.5. The Morgan fingerprint density at radius 3 is 2.95 bits per heavy atom. The summed E-state index contributed by atoms with van der Waals surface area (Å²) in [7, 11) is 0. The van der Waals surface area contributed by atoms with Crippen LogP contribution in [0.5, 0.6) is 0 Å². The molecular formula is C14H22N2O3. The molecule has 5 heteroatoms. The van der Waals surface area contributed by atoms with Gasteiger partial charge in [-0.05, 0) is 37.2 Å². The molecule has 1 heterocycles. The maximum atomic E-state index is 11.3. The van der Waals surface area contributed by atoms with Gasteiger partial charge in [0, 0.05) is 0 Å². The van der Waals surface area contributed by atoms with Gasteiger partial charge >= 0.3 is 0 Å². The summed E-state index contributed by atoms with van der Waals surface area (Å²) in [4.78, 5) is 11.3. The first-order chi connectivity index (χ1) is 9.10. The Hall–Kier alpha value is -1.33. The average molecular weight is 266 g/mol. The molecule has 0 bridgehead atoms. The number of ether oxygens (including phenoxy) is 1. The molecule has 0 aromatic carbocycles. The number of nitrogens with one attached hydrogen (secondary N) is 1. The first-order valence-corrected chi connectivity index (χ1v) is 6.80. The van der Waals surface area contributed by atoms with Crippen molar-refractivity contribution in [3.05, 3.63) is 23.7 Å². The standard InChI is InChI=1S/C14H22N2O3/c1-9-3-4-12(5-10(9)2)19-8-13-6-11(7-18-13)14(17)16-15/h6-7,9-10,12H,3-5,8,15H2,1-2H3,(H,16,17). The monoisotopic (exact) mass is 266 g/mol. The zero-order valence-corrected chi connectivity index (χ0v) is 11.5. The first-order valence-electron chi connectivity index (χ1n) is 6.80. The van der Waals surface area contributed by atoms with Gasteiger partial charge < -0.3 is 9.15 Å². The third kappa shape index (κ3) is 3.58. The molecule has 0 spiro atoms. The molecule has 0 aliphatic heterocycles. The highest BCUT2D eigenvalue weighted by Gasteiger charge is 2.25. The van der Waals surface area contributed by atoms with Gasteiger partial charge in [0.15, 0.2) is 0 Å². The molecule has 3 atom stereocenters. The predicted octanol–water partition coefficient (Wildman–Crippen LogP) is 2.22. The number of furan rings is 1. The van der Waals surface area contributed by atoms with E-state index in [1.54, 1.807) is 6.07 Å². The second-order valence-electron chi connectivity index (χ2n) is 5.48. The van der Waals surface area contributed by atoms with E-state index in [-0.39, 0.29) is 5.91 Å². The largest absolute Gasteiger partial charge is 0.466 e. The van der Waals surface area contributed by atoms with Crippen LogP contribution in [-0.4, -0.2) is 12.0 Å². The van der Waals surface area contributed by atoms with Crippen LogP contribution in [0.25, 0.3) is 0 Å². The lowest BCUT2D eigenvalue weighted by Crippen LogP contribution is -2.29. The molecule has 1 aliphatic rings. The van der Waals surface area contributed by atoms with Gasteiger partial charge in [0.2, 0.25) is 0 Å². The highest BCUT2D eigenvalue weighted by atomic mass is 16.5. The van der Waals surface area contributed by atoms with Gasteiger partial charge in [0.25, 0.3) is 5.91 Å². The molecule has 106 valence electrons. The molecule has 5 nitrogen and oxygen atoms in total. The van der Waals surface area contributed by atoms with Crippen LogP contribution in [0.4, 0.5) is 0 Å². The third-order valence-electron chi connectivity index (χ3n) is 4.06. The van der Waals surface area contributed by atoms with Gasteiger partial charge in [-0.3, -0.25) is 10.2 Å². The predicted molar refractivity (Wildman–Crippen MR) is 71.1 cm³/mol. The Morgan fingerprint density at radius 1 is 1.47 bits per heavy atom. The zero-order chi connectivity index (χ0) is 13.8. The minimum absolute atomic E-state index is 0.295. The number of hydrogen-bond donors (Lipinski definition) is 2. The molecule has 3 unspecified atom stereocenters. The maximum Gasteiger partial charge on any atom is 0.268 e. The van der Waals surface area contributed by atoms with Gasteiger partial charge in [-0.25, -0.2) is 5.84 Å². The number of hydrazine groups is 1. The fraction of sp³-hybridized carbons (Fsp3) is 0.643. The van der Waals surface area contributed by atoms with Crippen LogP contribution in [0.3, 0.4) is 0 Å². The lowest BCUT2D eigenvalue weighted by atomic mass is 9.80. The van der Waals surface area contributed by atoms with Crippen LogP contribution in [0, 0.1) is 11.8 Å². The quantitative estimate of drug-likeness (QED) is 0.497. The molecule has 1 saturated carbocycles. The number of amides is 1. The van der Waals surface area contributed by atoms with Crippen LogP contribution in [0.15, 0.2) is 16.7 Å². The van der Waals surface area contributed by atoms with Crippen LogP contribution in [0.2, 0.25) is 0 Å². The van der Waals surface area contributed by atoms with Gasteiger partial charge in [-0.1, -0.05) is 13.8 Å². The highest BCUT2D eigenvalue weighted by Crippen LogP contribution is 2.31. The van der Waals surface area contributed by atoms with Crippen LogP contribution in [0.1, 0.15) is 49.2 Å². The Morgan fingerprint density at radius 2 is 2.26 bits per heavy atom. The lowest BCUT2D eigenvalue weighted by molar-refractivity contribution is -0.0139. The van der Waals surface area contributed by atoms with Crippen molar-refractivity contribution in [1.82, 2.24) is 5.43 Å². The van der Waals surface area contributed by atoms with E-state index in [2.05, 4.69) is 19.3 Å². The first kappa shape index (κ1) is 14.1. The Balaban J connectivity index is 1.82. The van der Waals surface area contributed by atoms with Crippen LogP contribution in [-0.2, 0) is 11.3 Å². The molecule has 19 heavy (non-hydrogen) atoms. The normalized spacial score (nSPS) is 27.2. The smallest absolute Gasteiger partial charge is 0.268 e. The molecule has 1 aromatic rings. The Kier molecular flexibility index (Phi) is 4.61. The van der Waals surface area contributed by atoms with Crippen molar-refractivity contribution >= 4 is 5.91 Å². The molecule has 1 amide bonds. The molecule has 3 N–H and O–H groups in total. The number of carbonyl (C=O) groups excluding carboxylic acids is 1. The maximum absolute atomic E-state index is 11.3. The average Bonchev–Trinajstić information content (AvgIpc) is 2.88. The summed E-state index contributed by atoms with van der Waals surface area (Å²) in [5, 5.41) is 0. The molecule has 2 rings (SSSR count). The van der Waals surface area contributed by atoms with E-state index >= 15 is 0 Å². The molecule has 0 saturated heterocycles. The van der Waals surface area contributed by atoms with E-state index in [1.165, 1.54) is 12.7 Å². The summed E-state index contributed by atoms with van der Waals surface area (Å²) in [6.07, 6.45) is 5.10. The van der Waals surface area contributed by atoms with E-state index in [1.807, 2.05) is 0 Å². The Bertz CT molecular complexity index is 430. The minimum atomic E-state index is -0.352. The van der Waals surface area contributed by atoms with E-state index in [0.29, 0.717) is 30.0 Å². The van der Waals surface area contributed by atoms with E-state index < -0.39 is 0 Å². The van der Waals surface area contributed by atoms with Crippen molar-refractivity contribution in [3.63, 3.8) is 0 Å². The van der Waals surface area contributed by atoms with E-state index in [4.69, 9.17) is 15.0 Å². The topological polar surface area (TPSA) is 77.5 Å². The third-order valence-corrected chi connectivity index (χ3v) is 4.06. The number of hydrogen-bond acceptors (Lipinski definition) is 4. The SMILES string of the molecule is CC1CCC(OCc2cc(C(=O)NN)co2)CC1C. The number of nitrogen functional groups attached to an aromatic ring is 1. The number of nitrogens with two attached hydrogens (primary N) is 1. The summed E-state index contributed by atoms with van der Waals surface area (Å²) >= 11 is 0. The van der Waals surface area contributed by atoms with E-state index in [0.717, 1.165) is 18.8 Å². The van der Waals surface area contributed by atoms with Gasteiger partial charge in [-0.2, -0.15) is 0 Å². The molecule has 1 aliphatic carbocycles. The Labute approximate surface area is 113 Å². The second-order valence-corrected chi connectivity index (χ2v) is 5.48.